The third-order valence-corrected chi connectivity index (χ3v) is 3.10. The second-order valence-corrected chi connectivity index (χ2v) is 4.69. The van der Waals surface area contributed by atoms with Gasteiger partial charge in [0.05, 0.1) is 23.8 Å². The van der Waals surface area contributed by atoms with E-state index < -0.39 is 23.6 Å². The molecule has 0 fully saturated rings. The van der Waals surface area contributed by atoms with Crippen molar-refractivity contribution < 1.29 is 32.2 Å². The summed E-state index contributed by atoms with van der Waals surface area (Å²) in [6.07, 6.45) is -4.51. The molecule has 8 heteroatoms. The number of benzene rings is 2. The van der Waals surface area contributed by atoms with Gasteiger partial charge in [-0.05, 0) is 36.4 Å². The zero-order chi connectivity index (χ0) is 17.9. The minimum absolute atomic E-state index is 0.0592. The van der Waals surface area contributed by atoms with Crippen LogP contribution in [0.1, 0.15) is 26.3 Å². The molecule has 1 amide bonds. The number of primary amides is 1. The number of rotatable bonds is 4. The average molecular weight is 339 g/mol. The number of carbonyl (C=O) groups is 2. The largest absolute Gasteiger partial charge is 0.497 e. The van der Waals surface area contributed by atoms with Gasteiger partial charge in [0.1, 0.15) is 11.5 Å². The molecule has 0 saturated heterocycles. The van der Waals surface area contributed by atoms with Crippen molar-refractivity contribution in [3.8, 4) is 11.5 Å². The van der Waals surface area contributed by atoms with Crippen LogP contribution in [0.15, 0.2) is 42.5 Å². The number of ether oxygens (including phenoxy) is 2. The maximum Gasteiger partial charge on any atom is 0.416 e. The van der Waals surface area contributed by atoms with Gasteiger partial charge in [-0.2, -0.15) is 13.2 Å². The fourth-order valence-electron chi connectivity index (χ4n) is 1.87. The monoisotopic (exact) mass is 339 g/mol. The second kappa shape index (κ2) is 6.61. The van der Waals surface area contributed by atoms with Crippen LogP contribution in [0.2, 0.25) is 0 Å². The number of alkyl halides is 3. The van der Waals surface area contributed by atoms with Gasteiger partial charge in [0.2, 0.25) is 0 Å². The summed E-state index contributed by atoms with van der Waals surface area (Å²) in [5, 5.41) is 0. The lowest BCUT2D eigenvalue weighted by atomic mass is 10.1. The predicted octanol–water partition coefficient (Wildman–Crippen LogP) is 3.03. The molecule has 5 nitrogen and oxygen atoms in total. The van der Waals surface area contributed by atoms with Crippen LogP contribution in [-0.4, -0.2) is 19.0 Å². The number of halogens is 3. The third-order valence-electron chi connectivity index (χ3n) is 3.10. The molecule has 2 aromatic carbocycles. The molecule has 126 valence electrons. The molecule has 0 aromatic heterocycles. The van der Waals surface area contributed by atoms with Crippen molar-refractivity contribution in [2.24, 2.45) is 5.73 Å². The molecule has 2 N–H and O–H groups in total. The average Bonchev–Trinajstić information content (AvgIpc) is 2.53. The zero-order valence-electron chi connectivity index (χ0n) is 12.4. The molecule has 0 spiro atoms. The van der Waals surface area contributed by atoms with E-state index in [0.717, 1.165) is 24.3 Å². The highest BCUT2D eigenvalue weighted by Gasteiger charge is 2.30. The first-order chi connectivity index (χ1) is 11.2. The van der Waals surface area contributed by atoms with E-state index in [4.69, 9.17) is 15.2 Å². The van der Waals surface area contributed by atoms with Gasteiger partial charge in [0, 0.05) is 6.07 Å². The fraction of sp³-hybridized carbons (Fsp3) is 0.125. The summed E-state index contributed by atoms with van der Waals surface area (Å²) in [5.41, 5.74) is 4.13. The third kappa shape index (κ3) is 3.83. The molecule has 0 atom stereocenters. The van der Waals surface area contributed by atoms with Gasteiger partial charge >= 0.3 is 12.1 Å². The molecule has 2 aromatic rings. The van der Waals surface area contributed by atoms with Gasteiger partial charge in [0.25, 0.3) is 5.91 Å². The van der Waals surface area contributed by atoms with Crippen LogP contribution in [0, 0.1) is 0 Å². The van der Waals surface area contributed by atoms with Crippen molar-refractivity contribution >= 4 is 11.9 Å². The SMILES string of the molecule is COc1ccc(C(N)=O)c(OC(=O)c2ccc(C(F)(F)F)cc2)c1. The molecule has 0 aliphatic heterocycles. The lowest BCUT2D eigenvalue weighted by molar-refractivity contribution is -0.137. The molecular formula is C16H12F3NO4. The van der Waals surface area contributed by atoms with E-state index >= 15 is 0 Å². The number of carbonyl (C=O) groups excluding carboxylic acids is 2. The van der Waals surface area contributed by atoms with Gasteiger partial charge in [0.15, 0.2) is 0 Å². The molecular weight excluding hydrogens is 327 g/mol. The van der Waals surface area contributed by atoms with E-state index in [-0.39, 0.29) is 16.9 Å². The molecule has 24 heavy (non-hydrogen) atoms. The quantitative estimate of drug-likeness (QED) is 0.686. The van der Waals surface area contributed by atoms with E-state index in [0.29, 0.717) is 5.75 Å². The highest BCUT2D eigenvalue weighted by atomic mass is 19.4. The molecule has 0 aliphatic carbocycles. The normalized spacial score (nSPS) is 11.0. The van der Waals surface area contributed by atoms with Crippen molar-refractivity contribution in [2.75, 3.05) is 7.11 Å². The van der Waals surface area contributed by atoms with Gasteiger partial charge < -0.3 is 15.2 Å². The summed E-state index contributed by atoms with van der Waals surface area (Å²) in [6, 6.07) is 7.53. The van der Waals surface area contributed by atoms with E-state index in [1.807, 2.05) is 0 Å². The van der Waals surface area contributed by atoms with Gasteiger partial charge in [-0.15, -0.1) is 0 Å². The minimum atomic E-state index is -4.51. The number of methoxy groups -OCH3 is 1. The highest BCUT2D eigenvalue weighted by molar-refractivity contribution is 5.98. The maximum atomic E-state index is 12.5. The Morgan fingerprint density at radius 2 is 1.67 bits per heavy atom. The Kier molecular flexibility index (Phi) is 4.77. The van der Waals surface area contributed by atoms with Crippen molar-refractivity contribution in [1.82, 2.24) is 0 Å². The summed E-state index contributed by atoms with van der Waals surface area (Å²) in [7, 11) is 1.38. The number of amides is 1. The Labute approximate surface area is 134 Å². The smallest absolute Gasteiger partial charge is 0.416 e. The van der Waals surface area contributed by atoms with E-state index in [2.05, 4.69) is 0 Å². The molecule has 0 aliphatic rings. The second-order valence-electron chi connectivity index (χ2n) is 4.69. The van der Waals surface area contributed by atoms with Crippen LogP contribution < -0.4 is 15.2 Å². The van der Waals surface area contributed by atoms with E-state index in [1.165, 1.54) is 25.3 Å². The van der Waals surface area contributed by atoms with Crippen LogP contribution in [-0.2, 0) is 6.18 Å². The number of hydrogen-bond donors (Lipinski definition) is 1. The minimum Gasteiger partial charge on any atom is -0.497 e. The predicted molar refractivity (Wildman–Crippen MR) is 77.9 cm³/mol. The van der Waals surface area contributed by atoms with Gasteiger partial charge in [-0.1, -0.05) is 0 Å². The number of hydrogen-bond acceptors (Lipinski definition) is 4. The molecule has 0 bridgehead atoms. The number of nitrogens with two attached hydrogens (primary N) is 1. The Morgan fingerprint density at radius 1 is 1.04 bits per heavy atom. The first-order valence-electron chi connectivity index (χ1n) is 6.59. The maximum absolute atomic E-state index is 12.5. The lowest BCUT2D eigenvalue weighted by Crippen LogP contribution is -2.16. The van der Waals surface area contributed by atoms with E-state index in [1.54, 1.807) is 0 Å². The van der Waals surface area contributed by atoms with Gasteiger partial charge in [-0.25, -0.2) is 4.79 Å². The van der Waals surface area contributed by atoms with Crippen LogP contribution in [0.4, 0.5) is 13.2 Å². The van der Waals surface area contributed by atoms with Crippen LogP contribution in [0.5, 0.6) is 11.5 Å². The zero-order valence-corrected chi connectivity index (χ0v) is 12.4. The van der Waals surface area contributed by atoms with Crippen molar-refractivity contribution in [1.29, 1.82) is 0 Å². The number of esters is 1. The van der Waals surface area contributed by atoms with Crippen LogP contribution in [0.25, 0.3) is 0 Å². The van der Waals surface area contributed by atoms with Crippen LogP contribution in [0.3, 0.4) is 0 Å². The standard InChI is InChI=1S/C16H12F3NO4/c1-23-11-6-7-12(14(20)21)13(8-11)24-15(22)9-2-4-10(5-3-9)16(17,18)19/h2-8H,1H3,(H2,20,21). The Balaban J connectivity index is 2.28. The summed E-state index contributed by atoms with van der Waals surface area (Å²) in [6.45, 7) is 0. The van der Waals surface area contributed by atoms with Crippen LogP contribution >= 0.6 is 0 Å². The molecule has 0 heterocycles. The topological polar surface area (TPSA) is 78.6 Å². The fourth-order valence-corrected chi connectivity index (χ4v) is 1.87. The Morgan fingerprint density at radius 3 is 2.17 bits per heavy atom. The molecule has 0 unspecified atom stereocenters. The van der Waals surface area contributed by atoms with Crippen molar-refractivity contribution in [2.45, 2.75) is 6.18 Å². The van der Waals surface area contributed by atoms with E-state index in [9.17, 15) is 22.8 Å². The summed E-state index contributed by atoms with van der Waals surface area (Å²) >= 11 is 0. The highest BCUT2D eigenvalue weighted by Crippen LogP contribution is 2.30. The Hall–Kier alpha value is -3.03. The van der Waals surface area contributed by atoms with Crippen molar-refractivity contribution in [3.05, 3.63) is 59.2 Å². The lowest BCUT2D eigenvalue weighted by Gasteiger charge is -2.10. The first kappa shape index (κ1) is 17.3. The molecule has 0 radical (unpaired) electrons. The van der Waals surface area contributed by atoms with Gasteiger partial charge in [-0.3, -0.25) is 4.79 Å². The summed E-state index contributed by atoms with van der Waals surface area (Å²) < 4.78 is 47.6. The molecule has 2 rings (SSSR count). The first-order valence-corrected chi connectivity index (χ1v) is 6.59. The summed E-state index contributed by atoms with van der Waals surface area (Å²) in [4.78, 5) is 23.4. The van der Waals surface area contributed by atoms with Crippen molar-refractivity contribution in [3.63, 3.8) is 0 Å². The molecule has 0 saturated carbocycles. The Bertz CT molecular complexity index is 770. The summed E-state index contributed by atoms with van der Waals surface area (Å²) in [5.74, 6) is -1.59.